The molecule has 20 heavy (non-hydrogen) atoms. The van der Waals surface area contributed by atoms with Gasteiger partial charge in [0.1, 0.15) is 5.82 Å². The van der Waals surface area contributed by atoms with Crippen LogP contribution in [-0.4, -0.2) is 35.1 Å². The number of halogens is 2. The second-order valence-corrected chi connectivity index (χ2v) is 5.25. The van der Waals surface area contributed by atoms with E-state index in [4.69, 9.17) is 16.7 Å². The second-order valence-electron chi connectivity index (χ2n) is 4.85. The van der Waals surface area contributed by atoms with Crippen LogP contribution in [0.25, 0.3) is 6.08 Å². The lowest BCUT2D eigenvalue weighted by Crippen LogP contribution is -2.44. The van der Waals surface area contributed by atoms with Gasteiger partial charge in [0.05, 0.1) is 11.6 Å². The number of hydrogen-bond donors (Lipinski definition) is 1. The molecule has 5 heteroatoms. The van der Waals surface area contributed by atoms with Crippen molar-refractivity contribution < 1.29 is 14.3 Å². The van der Waals surface area contributed by atoms with Gasteiger partial charge in [0.25, 0.3) is 0 Å². The number of carbonyl (C=O) groups excluding carboxylic acids is 1. The van der Waals surface area contributed by atoms with Gasteiger partial charge in [-0.3, -0.25) is 4.79 Å². The Bertz CT molecular complexity index is 515. The van der Waals surface area contributed by atoms with Gasteiger partial charge in [0, 0.05) is 18.7 Å². The first-order chi connectivity index (χ1) is 9.61. The number of aliphatic hydroxyl groups excluding tert-OH is 1. The third kappa shape index (κ3) is 3.58. The van der Waals surface area contributed by atoms with Gasteiger partial charge >= 0.3 is 0 Å². The standard InChI is InChI=1S/C15H17ClFNO2/c16-13-10-11(4-6-14(13)17)5-7-15(20)18(8-9-19)12-2-1-3-12/h4-7,10,12,19H,1-3,8-9H2/b7-5+. The molecule has 0 saturated heterocycles. The van der Waals surface area contributed by atoms with Gasteiger partial charge in [-0.15, -0.1) is 0 Å². The quantitative estimate of drug-likeness (QED) is 0.849. The van der Waals surface area contributed by atoms with Crippen LogP contribution in [0.3, 0.4) is 0 Å². The molecule has 0 unspecified atom stereocenters. The molecule has 2 rings (SSSR count). The van der Waals surface area contributed by atoms with Gasteiger partial charge in [0.2, 0.25) is 5.91 Å². The first kappa shape index (κ1) is 15.0. The largest absolute Gasteiger partial charge is 0.395 e. The summed E-state index contributed by atoms with van der Waals surface area (Å²) in [7, 11) is 0. The van der Waals surface area contributed by atoms with Crippen LogP contribution < -0.4 is 0 Å². The van der Waals surface area contributed by atoms with Crippen LogP contribution in [0.5, 0.6) is 0 Å². The highest BCUT2D eigenvalue weighted by Gasteiger charge is 2.26. The Hall–Kier alpha value is -1.39. The fourth-order valence-corrected chi connectivity index (χ4v) is 2.35. The molecule has 3 nitrogen and oxygen atoms in total. The lowest BCUT2D eigenvalue weighted by molar-refractivity contribution is -0.130. The van der Waals surface area contributed by atoms with Gasteiger partial charge in [-0.25, -0.2) is 4.39 Å². The van der Waals surface area contributed by atoms with Crippen molar-refractivity contribution in [2.75, 3.05) is 13.2 Å². The van der Waals surface area contributed by atoms with E-state index in [0.717, 1.165) is 19.3 Å². The average molecular weight is 298 g/mol. The van der Waals surface area contributed by atoms with Crippen molar-refractivity contribution in [1.29, 1.82) is 0 Å². The van der Waals surface area contributed by atoms with E-state index >= 15 is 0 Å². The lowest BCUT2D eigenvalue weighted by Gasteiger charge is -2.36. The maximum Gasteiger partial charge on any atom is 0.246 e. The molecule has 0 heterocycles. The monoisotopic (exact) mass is 297 g/mol. The minimum atomic E-state index is -0.480. The SMILES string of the molecule is O=C(/C=C/c1ccc(F)c(Cl)c1)N(CCO)C1CCC1. The first-order valence-electron chi connectivity index (χ1n) is 6.66. The summed E-state index contributed by atoms with van der Waals surface area (Å²) in [6.45, 7) is 0.302. The predicted octanol–water partition coefficient (Wildman–Crippen LogP) is 2.87. The summed E-state index contributed by atoms with van der Waals surface area (Å²) >= 11 is 5.69. The fourth-order valence-electron chi connectivity index (χ4n) is 2.16. The molecule has 0 radical (unpaired) electrons. The van der Waals surface area contributed by atoms with E-state index in [1.54, 1.807) is 17.0 Å². The minimum Gasteiger partial charge on any atom is -0.395 e. The molecule has 1 N–H and O–H groups in total. The van der Waals surface area contributed by atoms with Crippen LogP contribution in [0, 0.1) is 5.82 Å². The molecule has 108 valence electrons. The maximum absolute atomic E-state index is 13.0. The number of amides is 1. The molecule has 0 atom stereocenters. The zero-order valence-corrected chi connectivity index (χ0v) is 11.8. The van der Waals surface area contributed by atoms with Crippen LogP contribution in [-0.2, 0) is 4.79 Å². The normalized spacial score (nSPS) is 15.3. The second kappa shape index (κ2) is 6.86. The summed E-state index contributed by atoms with van der Waals surface area (Å²) in [4.78, 5) is 13.8. The molecule has 1 aromatic rings. The van der Waals surface area contributed by atoms with Gasteiger partial charge in [-0.1, -0.05) is 17.7 Å². The third-order valence-electron chi connectivity index (χ3n) is 3.50. The zero-order valence-electron chi connectivity index (χ0n) is 11.1. The van der Waals surface area contributed by atoms with Gasteiger partial charge in [0.15, 0.2) is 0 Å². The van der Waals surface area contributed by atoms with Gasteiger partial charge in [-0.2, -0.15) is 0 Å². The molecule has 0 aliphatic heterocycles. The predicted molar refractivity (Wildman–Crippen MR) is 76.9 cm³/mol. The van der Waals surface area contributed by atoms with Crippen molar-refractivity contribution in [3.63, 3.8) is 0 Å². The Morgan fingerprint density at radius 3 is 2.80 bits per heavy atom. The van der Waals surface area contributed by atoms with Gasteiger partial charge in [-0.05, 0) is 43.0 Å². The van der Waals surface area contributed by atoms with Crippen molar-refractivity contribution >= 4 is 23.6 Å². The lowest BCUT2D eigenvalue weighted by atomic mass is 9.91. The number of hydrogen-bond acceptors (Lipinski definition) is 2. The van der Waals surface area contributed by atoms with E-state index in [9.17, 15) is 9.18 Å². The Balaban J connectivity index is 2.04. The third-order valence-corrected chi connectivity index (χ3v) is 3.79. The molecule has 0 aromatic heterocycles. The number of benzene rings is 1. The summed E-state index contributed by atoms with van der Waals surface area (Å²) in [5.74, 6) is -0.615. The van der Waals surface area contributed by atoms with E-state index in [1.807, 2.05) is 0 Å². The molecule has 1 saturated carbocycles. The van der Waals surface area contributed by atoms with Crippen molar-refractivity contribution in [2.24, 2.45) is 0 Å². The summed E-state index contributed by atoms with van der Waals surface area (Å²) in [6, 6.07) is 4.53. The summed E-state index contributed by atoms with van der Waals surface area (Å²) in [6.07, 6.45) is 6.15. The molecule has 1 aliphatic carbocycles. The van der Waals surface area contributed by atoms with Crippen molar-refractivity contribution in [3.8, 4) is 0 Å². The molecule has 1 aromatic carbocycles. The van der Waals surface area contributed by atoms with Gasteiger partial charge < -0.3 is 10.0 Å². The fraction of sp³-hybridized carbons (Fsp3) is 0.400. The highest BCUT2D eigenvalue weighted by atomic mass is 35.5. The van der Waals surface area contributed by atoms with Crippen LogP contribution in [0.4, 0.5) is 4.39 Å². The Morgan fingerprint density at radius 2 is 2.25 bits per heavy atom. The maximum atomic E-state index is 13.0. The molecule has 1 aliphatic rings. The van der Waals surface area contributed by atoms with E-state index in [-0.39, 0.29) is 23.6 Å². The number of aliphatic hydroxyl groups is 1. The molecular weight excluding hydrogens is 281 g/mol. The molecule has 0 spiro atoms. The average Bonchev–Trinajstić information content (AvgIpc) is 2.37. The van der Waals surface area contributed by atoms with Crippen LogP contribution >= 0.6 is 11.6 Å². The Morgan fingerprint density at radius 1 is 1.50 bits per heavy atom. The highest BCUT2D eigenvalue weighted by molar-refractivity contribution is 6.30. The summed E-state index contributed by atoms with van der Waals surface area (Å²) in [5.41, 5.74) is 0.669. The molecule has 1 fully saturated rings. The smallest absolute Gasteiger partial charge is 0.246 e. The molecule has 0 bridgehead atoms. The summed E-state index contributed by atoms with van der Waals surface area (Å²) in [5, 5.41) is 9.06. The number of rotatable bonds is 5. The highest BCUT2D eigenvalue weighted by Crippen LogP contribution is 2.25. The van der Waals surface area contributed by atoms with Crippen LogP contribution in [0.1, 0.15) is 24.8 Å². The zero-order chi connectivity index (χ0) is 14.5. The van der Waals surface area contributed by atoms with Crippen molar-refractivity contribution in [1.82, 2.24) is 4.90 Å². The number of carbonyl (C=O) groups is 1. The number of nitrogens with zero attached hydrogens (tertiary/aromatic N) is 1. The van der Waals surface area contributed by atoms with E-state index in [1.165, 1.54) is 18.2 Å². The first-order valence-corrected chi connectivity index (χ1v) is 7.04. The van der Waals surface area contributed by atoms with E-state index in [0.29, 0.717) is 12.1 Å². The van der Waals surface area contributed by atoms with E-state index in [2.05, 4.69) is 0 Å². The molecule has 1 amide bonds. The minimum absolute atomic E-state index is 0.0332. The van der Waals surface area contributed by atoms with Crippen molar-refractivity contribution in [3.05, 3.63) is 40.7 Å². The molecular formula is C15H17ClFNO2. The topological polar surface area (TPSA) is 40.5 Å². The summed E-state index contributed by atoms with van der Waals surface area (Å²) < 4.78 is 13.0. The van der Waals surface area contributed by atoms with Crippen LogP contribution in [0.2, 0.25) is 5.02 Å². The van der Waals surface area contributed by atoms with E-state index < -0.39 is 5.82 Å². The Kier molecular flexibility index (Phi) is 5.15. The van der Waals surface area contributed by atoms with Crippen LogP contribution in [0.15, 0.2) is 24.3 Å². The van der Waals surface area contributed by atoms with Crippen molar-refractivity contribution in [2.45, 2.75) is 25.3 Å². The Labute approximate surface area is 122 Å².